The second-order valence-corrected chi connectivity index (χ2v) is 5.75. The van der Waals surface area contributed by atoms with Crippen molar-refractivity contribution in [3.63, 3.8) is 0 Å². The predicted octanol–water partition coefficient (Wildman–Crippen LogP) is 2.70. The van der Waals surface area contributed by atoms with Crippen LogP contribution >= 0.6 is 11.3 Å². The smallest absolute Gasteiger partial charge is 0.0471 e. The Kier molecular flexibility index (Phi) is 4.38. The van der Waals surface area contributed by atoms with Gasteiger partial charge < -0.3 is 10.1 Å². The van der Waals surface area contributed by atoms with Crippen LogP contribution in [0.2, 0.25) is 0 Å². The van der Waals surface area contributed by atoms with Crippen molar-refractivity contribution in [3.8, 4) is 0 Å². The second kappa shape index (κ2) is 5.80. The Balaban J connectivity index is 1.91. The fourth-order valence-corrected chi connectivity index (χ4v) is 3.25. The molecule has 0 aromatic carbocycles. The van der Waals surface area contributed by atoms with E-state index in [9.17, 15) is 0 Å². The molecule has 16 heavy (non-hydrogen) atoms. The summed E-state index contributed by atoms with van der Waals surface area (Å²) in [5, 5.41) is 5.53. The summed E-state index contributed by atoms with van der Waals surface area (Å²) in [6.07, 6.45) is 4.93. The Hall–Kier alpha value is -0.380. The standard InChI is InChI=1S/C13H21NOS/c1-14-11-13(6-8-15-9-7-13)5-4-12-3-2-10-16-12/h2-3,10,14H,4-9,11H2,1H3. The van der Waals surface area contributed by atoms with Crippen molar-refractivity contribution in [3.05, 3.63) is 22.4 Å². The lowest BCUT2D eigenvalue weighted by Crippen LogP contribution is -2.38. The van der Waals surface area contributed by atoms with Gasteiger partial charge in [0.05, 0.1) is 0 Å². The molecule has 1 fully saturated rings. The lowest BCUT2D eigenvalue weighted by molar-refractivity contribution is 0.0116. The molecule has 1 aromatic heterocycles. The van der Waals surface area contributed by atoms with Crippen LogP contribution in [0.4, 0.5) is 0 Å². The normalized spacial score (nSPS) is 19.8. The maximum atomic E-state index is 5.48. The maximum Gasteiger partial charge on any atom is 0.0471 e. The quantitative estimate of drug-likeness (QED) is 0.853. The van der Waals surface area contributed by atoms with Gasteiger partial charge in [0.2, 0.25) is 0 Å². The third-order valence-electron chi connectivity index (χ3n) is 3.59. The van der Waals surface area contributed by atoms with Crippen LogP contribution in [0.3, 0.4) is 0 Å². The summed E-state index contributed by atoms with van der Waals surface area (Å²) in [6.45, 7) is 3.00. The van der Waals surface area contributed by atoms with E-state index in [0.717, 1.165) is 19.8 Å². The van der Waals surface area contributed by atoms with Crippen molar-refractivity contribution in [1.29, 1.82) is 0 Å². The molecule has 3 heteroatoms. The molecule has 1 aromatic rings. The molecule has 0 aliphatic carbocycles. The molecule has 0 saturated carbocycles. The summed E-state index contributed by atoms with van der Waals surface area (Å²) in [7, 11) is 2.06. The molecule has 90 valence electrons. The van der Waals surface area contributed by atoms with Gasteiger partial charge in [-0.2, -0.15) is 0 Å². The van der Waals surface area contributed by atoms with Gasteiger partial charge >= 0.3 is 0 Å². The largest absolute Gasteiger partial charge is 0.381 e. The summed E-state index contributed by atoms with van der Waals surface area (Å²) in [4.78, 5) is 1.52. The van der Waals surface area contributed by atoms with E-state index >= 15 is 0 Å². The zero-order valence-corrected chi connectivity index (χ0v) is 10.8. The second-order valence-electron chi connectivity index (χ2n) is 4.72. The summed E-state index contributed by atoms with van der Waals surface area (Å²) in [6, 6.07) is 4.39. The predicted molar refractivity (Wildman–Crippen MR) is 69.1 cm³/mol. The van der Waals surface area contributed by atoms with E-state index in [0.29, 0.717) is 5.41 Å². The van der Waals surface area contributed by atoms with Crippen molar-refractivity contribution in [1.82, 2.24) is 5.32 Å². The zero-order chi connectivity index (χ0) is 11.3. The van der Waals surface area contributed by atoms with E-state index in [2.05, 4.69) is 29.9 Å². The molecule has 0 spiro atoms. The summed E-state index contributed by atoms with van der Waals surface area (Å²) < 4.78 is 5.48. The van der Waals surface area contributed by atoms with Crippen LogP contribution in [-0.4, -0.2) is 26.8 Å². The van der Waals surface area contributed by atoms with Crippen molar-refractivity contribution < 1.29 is 4.74 Å². The molecule has 0 amide bonds. The number of rotatable bonds is 5. The summed E-state index contributed by atoms with van der Waals surface area (Å²) >= 11 is 1.88. The fourth-order valence-electron chi connectivity index (χ4n) is 2.54. The molecule has 1 aliphatic rings. The molecule has 1 saturated heterocycles. The third kappa shape index (κ3) is 3.06. The Bertz CT molecular complexity index is 285. The van der Waals surface area contributed by atoms with Gasteiger partial charge in [-0.1, -0.05) is 6.07 Å². The van der Waals surface area contributed by atoms with Crippen molar-refractivity contribution in [2.75, 3.05) is 26.8 Å². The van der Waals surface area contributed by atoms with Gasteiger partial charge in [0.15, 0.2) is 0 Å². The van der Waals surface area contributed by atoms with E-state index in [1.165, 1.54) is 30.6 Å². The first-order valence-corrected chi connectivity index (χ1v) is 6.97. The minimum atomic E-state index is 0.469. The molecular weight excluding hydrogens is 218 g/mol. The Morgan fingerprint density at radius 2 is 2.25 bits per heavy atom. The number of aryl methyl sites for hydroxylation is 1. The molecule has 2 heterocycles. The fraction of sp³-hybridized carbons (Fsp3) is 0.692. The third-order valence-corrected chi connectivity index (χ3v) is 4.52. The van der Waals surface area contributed by atoms with Gasteiger partial charge in [0.25, 0.3) is 0 Å². The van der Waals surface area contributed by atoms with Gasteiger partial charge in [-0.25, -0.2) is 0 Å². The highest BCUT2D eigenvalue weighted by molar-refractivity contribution is 7.09. The van der Waals surface area contributed by atoms with Crippen LogP contribution in [0, 0.1) is 5.41 Å². The van der Waals surface area contributed by atoms with E-state index < -0.39 is 0 Å². The topological polar surface area (TPSA) is 21.3 Å². The number of hydrogen-bond acceptors (Lipinski definition) is 3. The van der Waals surface area contributed by atoms with Crippen LogP contribution in [0.15, 0.2) is 17.5 Å². The number of ether oxygens (including phenoxy) is 1. The molecule has 2 rings (SSSR count). The molecular formula is C13H21NOS. The van der Waals surface area contributed by atoms with Crippen LogP contribution in [0.1, 0.15) is 24.1 Å². The van der Waals surface area contributed by atoms with E-state index in [1.54, 1.807) is 0 Å². The van der Waals surface area contributed by atoms with Crippen LogP contribution in [-0.2, 0) is 11.2 Å². The molecule has 2 nitrogen and oxygen atoms in total. The van der Waals surface area contributed by atoms with Gasteiger partial charge in [-0.3, -0.25) is 0 Å². The van der Waals surface area contributed by atoms with Crippen LogP contribution < -0.4 is 5.32 Å². The van der Waals surface area contributed by atoms with Gasteiger partial charge in [-0.05, 0) is 49.6 Å². The van der Waals surface area contributed by atoms with Crippen molar-refractivity contribution in [2.45, 2.75) is 25.7 Å². The van der Waals surface area contributed by atoms with E-state index in [-0.39, 0.29) is 0 Å². The first-order chi connectivity index (χ1) is 7.85. The first-order valence-electron chi connectivity index (χ1n) is 6.09. The number of hydrogen-bond donors (Lipinski definition) is 1. The molecule has 0 radical (unpaired) electrons. The van der Waals surface area contributed by atoms with Crippen LogP contribution in [0.5, 0.6) is 0 Å². The van der Waals surface area contributed by atoms with E-state index in [4.69, 9.17) is 4.74 Å². The summed E-state index contributed by atoms with van der Waals surface area (Å²) in [5.41, 5.74) is 0.469. The molecule has 0 unspecified atom stereocenters. The van der Waals surface area contributed by atoms with Gasteiger partial charge in [-0.15, -0.1) is 11.3 Å². The molecule has 0 bridgehead atoms. The Morgan fingerprint density at radius 3 is 2.88 bits per heavy atom. The van der Waals surface area contributed by atoms with Gasteiger partial charge in [0.1, 0.15) is 0 Å². The highest BCUT2D eigenvalue weighted by Gasteiger charge is 2.31. The lowest BCUT2D eigenvalue weighted by atomic mass is 9.76. The number of nitrogens with one attached hydrogen (secondary N) is 1. The number of thiophene rings is 1. The monoisotopic (exact) mass is 239 g/mol. The highest BCUT2D eigenvalue weighted by atomic mass is 32.1. The SMILES string of the molecule is CNCC1(CCc2cccs2)CCOCC1. The average Bonchev–Trinajstić information content (AvgIpc) is 2.81. The summed E-state index contributed by atoms with van der Waals surface area (Å²) in [5.74, 6) is 0. The Morgan fingerprint density at radius 1 is 1.44 bits per heavy atom. The minimum absolute atomic E-state index is 0.469. The van der Waals surface area contributed by atoms with Gasteiger partial charge in [0, 0.05) is 24.6 Å². The van der Waals surface area contributed by atoms with Crippen molar-refractivity contribution >= 4 is 11.3 Å². The minimum Gasteiger partial charge on any atom is -0.381 e. The maximum absolute atomic E-state index is 5.48. The molecule has 1 aliphatic heterocycles. The van der Waals surface area contributed by atoms with Crippen molar-refractivity contribution in [2.24, 2.45) is 5.41 Å². The zero-order valence-electron chi connectivity index (χ0n) is 10.00. The Labute approximate surface area is 102 Å². The first kappa shape index (κ1) is 12.1. The molecule has 1 N–H and O–H groups in total. The lowest BCUT2D eigenvalue weighted by Gasteiger charge is -2.37. The van der Waals surface area contributed by atoms with E-state index in [1.807, 2.05) is 11.3 Å². The highest BCUT2D eigenvalue weighted by Crippen LogP contribution is 2.35. The average molecular weight is 239 g/mol. The molecule has 0 atom stereocenters. The van der Waals surface area contributed by atoms with Crippen LogP contribution in [0.25, 0.3) is 0 Å².